The molecule has 0 aliphatic carbocycles. The molecule has 0 atom stereocenters. The Balaban J connectivity index is 1.89. The maximum Gasteiger partial charge on any atom is 0.307 e. The number of halogens is 1. The second-order valence-electron chi connectivity index (χ2n) is 6.39. The SMILES string of the molecule is CS(=O)(=O)Nc1ccc(C(=O)Cc2[nH]c3cc(Cl)ccc3c2CC(=O)O)cc1. The van der Waals surface area contributed by atoms with Crippen LogP contribution in [0.1, 0.15) is 21.6 Å². The highest BCUT2D eigenvalue weighted by Gasteiger charge is 2.18. The van der Waals surface area contributed by atoms with Gasteiger partial charge >= 0.3 is 5.97 Å². The number of Topliss-reactive ketones (excluding diaryl/α,β-unsaturated/α-hetero) is 1. The zero-order chi connectivity index (χ0) is 20.5. The molecule has 0 amide bonds. The molecular weight excluding hydrogens is 404 g/mol. The molecule has 7 nitrogen and oxygen atoms in total. The van der Waals surface area contributed by atoms with Crippen LogP contribution < -0.4 is 4.72 Å². The molecule has 146 valence electrons. The van der Waals surface area contributed by atoms with Crippen LogP contribution in [-0.4, -0.2) is 36.5 Å². The predicted molar refractivity (Wildman–Crippen MR) is 108 cm³/mol. The van der Waals surface area contributed by atoms with E-state index in [1.54, 1.807) is 18.2 Å². The topological polar surface area (TPSA) is 116 Å². The van der Waals surface area contributed by atoms with E-state index in [0.717, 1.165) is 6.26 Å². The molecular formula is C19H17ClN2O5S. The number of carboxylic acids is 1. The lowest BCUT2D eigenvalue weighted by molar-refractivity contribution is -0.136. The van der Waals surface area contributed by atoms with Gasteiger partial charge in [0.15, 0.2) is 5.78 Å². The molecule has 1 aromatic heterocycles. The summed E-state index contributed by atoms with van der Waals surface area (Å²) in [7, 11) is -3.40. The van der Waals surface area contributed by atoms with Crippen molar-refractivity contribution in [1.29, 1.82) is 0 Å². The van der Waals surface area contributed by atoms with Crippen molar-refractivity contribution in [3.8, 4) is 0 Å². The summed E-state index contributed by atoms with van der Waals surface area (Å²) < 4.78 is 24.8. The van der Waals surface area contributed by atoms with Gasteiger partial charge in [0.05, 0.1) is 19.1 Å². The molecule has 0 fully saturated rings. The van der Waals surface area contributed by atoms with Gasteiger partial charge in [0.2, 0.25) is 10.0 Å². The Bertz CT molecular complexity index is 1170. The lowest BCUT2D eigenvalue weighted by Crippen LogP contribution is -2.10. The van der Waals surface area contributed by atoms with Crippen LogP contribution in [0.2, 0.25) is 5.02 Å². The molecule has 1 heterocycles. The number of hydrogen-bond donors (Lipinski definition) is 3. The maximum atomic E-state index is 12.7. The van der Waals surface area contributed by atoms with Crippen LogP contribution in [0, 0.1) is 0 Å². The van der Waals surface area contributed by atoms with Crippen molar-refractivity contribution in [2.45, 2.75) is 12.8 Å². The third kappa shape index (κ3) is 4.71. The molecule has 0 bridgehead atoms. The Morgan fingerprint density at radius 2 is 1.79 bits per heavy atom. The number of anilines is 1. The molecule has 9 heteroatoms. The quantitative estimate of drug-likeness (QED) is 0.507. The molecule has 0 radical (unpaired) electrons. The summed E-state index contributed by atoms with van der Waals surface area (Å²) in [5.41, 5.74) is 2.47. The molecule has 0 saturated carbocycles. The van der Waals surface area contributed by atoms with Crippen molar-refractivity contribution >= 4 is 50.0 Å². The Morgan fingerprint density at radius 3 is 2.39 bits per heavy atom. The first-order valence-corrected chi connectivity index (χ1v) is 10.5. The summed E-state index contributed by atoms with van der Waals surface area (Å²) in [4.78, 5) is 27.0. The molecule has 0 aliphatic rings. The smallest absolute Gasteiger partial charge is 0.307 e. The first-order chi connectivity index (χ1) is 13.1. The first-order valence-electron chi connectivity index (χ1n) is 8.24. The van der Waals surface area contributed by atoms with E-state index in [9.17, 15) is 23.1 Å². The number of fused-ring (bicyclic) bond motifs is 1. The van der Waals surface area contributed by atoms with E-state index in [-0.39, 0.29) is 18.6 Å². The van der Waals surface area contributed by atoms with E-state index in [2.05, 4.69) is 9.71 Å². The van der Waals surface area contributed by atoms with Crippen LogP contribution in [-0.2, 0) is 27.7 Å². The average Bonchev–Trinajstić information content (AvgIpc) is 2.89. The van der Waals surface area contributed by atoms with Gasteiger partial charge in [-0.1, -0.05) is 17.7 Å². The monoisotopic (exact) mass is 420 g/mol. The Hall–Kier alpha value is -2.84. The standard InChI is InChI=1S/C19H17ClN2O5S/c1-28(26,27)22-13-5-2-11(3-6-13)18(23)10-17-15(9-19(24)25)14-7-4-12(20)8-16(14)21-17/h2-8,21-22H,9-10H2,1H3,(H,24,25). The van der Waals surface area contributed by atoms with Crippen LogP contribution in [0.15, 0.2) is 42.5 Å². The van der Waals surface area contributed by atoms with Crippen molar-refractivity contribution in [1.82, 2.24) is 4.98 Å². The molecule has 3 rings (SSSR count). The number of carbonyl (C=O) groups is 2. The van der Waals surface area contributed by atoms with Gasteiger partial charge in [-0.3, -0.25) is 14.3 Å². The van der Waals surface area contributed by atoms with Crippen LogP contribution in [0.25, 0.3) is 10.9 Å². The van der Waals surface area contributed by atoms with E-state index in [1.807, 2.05) is 0 Å². The highest BCUT2D eigenvalue weighted by molar-refractivity contribution is 7.92. The van der Waals surface area contributed by atoms with Gasteiger partial charge in [0.25, 0.3) is 0 Å². The number of benzene rings is 2. The fourth-order valence-electron chi connectivity index (χ4n) is 2.99. The summed E-state index contributed by atoms with van der Waals surface area (Å²) in [6.07, 6.45) is 0.799. The summed E-state index contributed by atoms with van der Waals surface area (Å²) in [5, 5.41) is 10.4. The normalized spacial score (nSPS) is 11.5. The van der Waals surface area contributed by atoms with Gasteiger partial charge in [0, 0.05) is 32.9 Å². The third-order valence-corrected chi connectivity index (χ3v) is 4.97. The fraction of sp³-hybridized carbons (Fsp3) is 0.158. The number of sulfonamides is 1. The van der Waals surface area contributed by atoms with Crippen LogP contribution >= 0.6 is 11.6 Å². The molecule has 0 aliphatic heterocycles. The highest BCUT2D eigenvalue weighted by atomic mass is 35.5. The summed E-state index contributed by atoms with van der Waals surface area (Å²) in [5.74, 6) is -1.23. The van der Waals surface area contributed by atoms with E-state index in [4.69, 9.17) is 11.6 Å². The van der Waals surface area contributed by atoms with Crippen LogP contribution in [0.4, 0.5) is 5.69 Å². The number of ketones is 1. The number of H-pyrrole nitrogens is 1. The predicted octanol–water partition coefficient (Wildman–Crippen LogP) is 3.25. The van der Waals surface area contributed by atoms with Gasteiger partial charge < -0.3 is 10.1 Å². The van der Waals surface area contributed by atoms with Gasteiger partial charge in [-0.25, -0.2) is 8.42 Å². The number of nitrogens with one attached hydrogen (secondary N) is 2. The van der Waals surface area contributed by atoms with Crippen LogP contribution in [0.3, 0.4) is 0 Å². The zero-order valence-electron chi connectivity index (χ0n) is 14.8. The Morgan fingerprint density at radius 1 is 1.11 bits per heavy atom. The van der Waals surface area contributed by atoms with E-state index >= 15 is 0 Å². The van der Waals surface area contributed by atoms with Gasteiger partial charge in [0.1, 0.15) is 0 Å². The van der Waals surface area contributed by atoms with Gasteiger partial charge in [-0.15, -0.1) is 0 Å². The van der Waals surface area contributed by atoms with E-state index in [1.165, 1.54) is 24.3 Å². The fourth-order valence-corrected chi connectivity index (χ4v) is 3.72. The summed E-state index contributed by atoms with van der Waals surface area (Å²) in [6.45, 7) is 0. The highest BCUT2D eigenvalue weighted by Crippen LogP contribution is 2.27. The molecule has 28 heavy (non-hydrogen) atoms. The lowest BCUT2D eigenvalue weighted by Gasteiger charge is -2.06. The molecule has 3 N–H and O–H groups in total. The minimum absolute atomic E-state index is 0.0201. The van der Waals surface area contributed by atoms with Crippen molar-refractivity contribution in [3.05, 3.63) is 64.3 Å². The second kappa shape index (κ2) is 7.65. The average molecular weight is 421 g/mol. The minimum atomic E-state index is -3.40. The molecule has 0 saturated heterocycles. The van der Waals surface area contributed by atoms with Crippen LogP contribution in [0.5, 0.6) is 0 Å². The van der Waals surface area contributed by atoms with Crippen molar-refractivity contribution in [3.63, 3.8) is 0 Å². The largest absolute Gasteiger partial charge is 0.481 e. The molecule has 3 aromatic rings. The maximum absolute atomic E-state index is 12.7. The lowest BCUT2D eigenvalue weighted by atomic mass is 10.0. The molecule has 2 aromatic carbocycles. The summed E-state index contributed by atoms with van der Waals surface area (Å²) >= 11 is 6.00. The minimum Gasteiger partial charge on any atom is -0.481 e. The van der Waals surface area contributed by atoms with Crippen molar-refractivity contribution < 1.29 is 23.1 Å². The zero-order valence-corrected chi connectivity index (χ0v) is 16.4. The van der Waals surface area contributed by atoms with Crippen molar-refractivity contribution in [2.75, 3.05) is 11.0 Å². The second-order valence-corrected chi connectivity index (χ2v) is 8.58. The van der Waals surface area contributed by atoms with Gasteiger partial charge in [-0.2, -0.15) is 0 Å². The Labute approximate surface area is 166 Å². The van der Waals surface area contributed by atoms with Crippen molar-refractivity contribution in [2.24, 2.45) is 0 Å². The number of aromatic amines is 1. The van der Waals surface area contributed by atoms with E-state index < -0.39 is 16.0 Å². The number of aromatic nitrogens is 1. The third-order valence-electron chi connectivity index (χ3n) is 4.13. The first kappa shape index (κ1) is 19.9. The Kier molecular flexibility index (Phi) is 5.44. The number of hydrogen-bond acceptors (Lipinski definition) is 4. The molecule has 0 spiro atoms. The number of carboxylic acid groups (broad SMARTS) is 1. The summed E-state index contributed by atoms with van der Waals surface area (Å²) in [6, 6.07) is 11.1. The number of aliphatic carboxylic acids is 1. The van der Waals surface area contributed by atoms with Gasteiger partial charge in [-0.05, 0) is 42.0 Å². The van der Waals surface area contributed by atoms with E-state index in [0.29, 0.717) is 38.4 Å². The molecule has 0 unspecified atom stereocenters. The number of carbonyl (C=O) groups excluding carboxylic acids is 1. The number of rotatable bonds is 7.